The molecule has 0 aliphatic carbocycles. The lowest BCUT2D eigenvalue weighted by Gasteiger charge is -2.10. The molecule has 160 valence electrons. The number of Topliss-reactive ketones (excluding diaryl/α,β-unsaturated/α-hetero) is 1. The van der Waals surface area contributed by atoms with E-state index in [4.69, 9.17) is 13.9 Å². The Bertz CT molecular complexity index is 1200. The molecule has 0 fully saturated rings. The molecule has 0 aliphatic rings. The first-order valence-electron chi connectivity index (χ1n) is 9.17. The molecule has 2 aromatic carbocycles. The van der Waals surface area contributed by atoms with Crippen LogP contribution >= 0.6 is 11.8 Å². The summed E-state index contributed by atoms with van der Waals surface area (Å²) in [5.74, 6) is -1.08. The van der Waals surface area contributed by atoms with Crippen molar-refractivity contribution in [2.75, 3.05) is 24.8 Å². The van der Waals surface area contributed by atoms with E-state index in [0.717, 1.165) is 4.90 Å². The third-order valence-corrected chi connectivity index (χ3v) is 4.94. The van der Waals surface area contributed by atoms with E-state index < -0.39 is 30.6 Å². The van der Waals surface area contributed by atoms with Crippen molar-refractivity contribution in [3.63, 3.8) is 0 Å². The second-order valence-electron chi connectivity index (χ2n) is 6.42. The standard InChI is InChI=1S/C22H19NO7S/c1-13(24)23-17-9-15(4-7-20(17)31-2)18(25)11-29-22(27)12-28-16-6-3-14-5-8-21(26)30-19(14)10-16/h3-10H,11-12H2,1-2H3,(H,23,24). The Labute approximate surface area is 181 Å². The molecule has 0 bridgehead atoms. The van der Waals surface area contributed by atoms with Crippen LogP contribution in [0.4, 0.5) is 5.69 Å². The highest BCUT2D eigenvalue weighted by atomic mass is 32.2. The van der Waals surface area contributed by atoms with Gasteiger partial charge >= 0.3 is 11.6 Å². The SMILES string of the molecule is CSc1ccc(C(=O)COC(=O)COc2ccc3ccc(=O)oc3c2)cc1NC(C)=O. The monoisotopic (exact) mass is 441 g/mol. The van der Waals surface area contributed by atoms with Gasteiger partial charge in [0.2, 0.25) is 5.91 Å². The van der Waals surface area contributed by atoms with Crippen LogP contribution in [0.5, 0.6) is 5.75 Å². The number of hydrogen-bond acceptors (Lipinski definition) is 8. The van der Waals surface area contributed by atoms with Crippen LogP contribution in [0.3, 0.4) is 0 Å². The van der Waals surface area contributed by atoms with E-state index >= 15 is 0 Å². The minimum absolute atomic E-state index is 0.253. The van der Waals surface area contributed by atoms with Crippen LogP contribution in [0.2, 0.25) is 0 Å². The van der Waals surface area contributed by atoms with Gasteiger partial charge in [-0.05, 0) is 36.6 Å². The number of ether oxygens (including phenoxy) is 2. The number of benzene rings is 2. The number of carbonyl (C=O) groups is 3. The maximum atomic E-state index is 12.4. The summed E-state index contributed by atoms with van der Waals surface area (Å²) in [7, 11) is 0. The highest BCUT2D eigenvalue weighted by Crippen LogP contribution is 2.26. The van der Waals surface area contributed by atoms with Crippen LogP contribution in [0.25, 0.3) is 11.0 Å². The molecular formula is C22H19NO7S. The van der Waals surface area contributed by atoms with Gasteiger partial charge in [-0.25, -0.2) is 9.59 Å². The molecule has 0 radical (unpaired) electrons. The number of anilines is 1. The second-order valence-corrected chi connectivity index (χ2v) is 7.27. The van der Waals surface area contributed by atoms with E-state index in [-0.39, 0.29) is 5.91 Å². The molecule has 9 heteroatoms. The molecule has 1 amide bonds. The number of fused-ring (bicyclic) bond motifs is 1. The topological polar surface area (TPSA) is 112 Å². The lowest BCUT2D eigenvalue weighted by atomic mass is 10.1. The Morgan fingerprint density at radius 1 is 1.03 bits per heavy atom. The molecule has 3 rings (SSSR count). The first kappa shape index (κ1) is 22.1. The van der Waals surface area contributed by atoms with Gasteiger partial charge in [0, 0.05) is 34.9 Å². The van der Waals surface area contributed by atoms with Gasteiger partial charge in [0.15, 0.2) is 19.0 Å². The number of esters is 1. The van der Waals surface area contributed by atoms with Crippen molar-refractivity contribution in [1.82, 2.24) is 0 Å². The fraction of sp³-hybridized carbons (Fsp3) is 0.182. The largest absolute Gasteiger partial charge is 0.482 e. The summed E-state index contributed by atoms with van der Waals surface area (Å²) in [6, 6.07) is 12.6. The average Bonchev–Trinajstić information content (AvgIpc) is 2.75. The van der Waals surface area contributed by atoms with Crippen LogP contribution in [0.15, 0.2) is 62.6 Å². The fourth-order valence-corrected chi connectivity index (χ4v) is 3.25. The smallest absolute Gasteiger partial charge is 0.344 e. The quantitative estimate of drug-likeness (QED) is 0.245. The molecule has 0 atom stereocenters. The van der Waals surface area contributed by atoms with Gasteiger partial charge in [-0.3, -0.25) is 9.59 Å². The van der Waals surface area contributed by atoms with Crippen LogP contribution in [-0.2, 0) is 14.3 Å². The maximum absolute atomic E-state index is 12.4. The van der Waals surface area contributed by atoms with E-state index in [0.29, 0.717) is 28.0 Å². The number of nitrogens with one attached hydrogen (secondary N) is 1. The van der Waals surface area contributed by atoms with Crippen molar-refractivity contribution in [3.05, 3.63) is 64.5 Å². The third-order valence-electron chi connectivity index (χ3n) is 4.15. The normalized spacial score (nSPS) is 10.5. The van der Waals surface area contributed by atoms with Crippen molar-refractivity contribution >= 4 is 46.1 Å². The van der Waals surface area contributed by atoms with Crippen molar-refractivity contribution < 1.29 is 28.3 Å². The Morgan fingerprint density at radius 2 is 1.81 bits per heavy atom. The van der Waals surface area contributed by atoms with E-state index in [2.05, 4.69) is 5.32 Å². The predicted octanol–water partition coefficient (Wildman–Crippen LogP) is 3.28. The van der Waals surface area contributed by atoms with Crippen molar-refractivity contribution in [2.24, 2.45) is 0 Å². The highest BCUT2D eigenvalue weighted by Gasteiger charge is 2.14. The van der Waals surface area contributed by atoms with Crippen molar-refractivity contribution in [3.8, 4) is 5.75 Å². The van der Waals surface area contributed by atoms with Gasteiger partial charge in [0.25, 0.3) is 0 Å². The summed E-state index contributed by atoms with van der Waals surface area (Å²) in [5.41, 5.74) is 0.662. The van der Waals surface area contributed by atoms with E-state index in [1.807, 2.05) is 6.26 Å². The van der Waals surface area contributed by atoms with Gasteiger partial charge < -0.3 is 19.2 Å². The molecular weight excluding hydrogens is 422 g/mol. The number of amides is 1. The summed E-state index contributed by atoms with van der Waals surface area (Å²) in [6.07, 6.45) is 1.85. The van der Waals surface area contributed by atoms with Crippen LogP contribution in [0, 0.1) is 0 Å². The molecule has 0 unspecified atom stereocenters. The zero-order valence-electron chi connectivity index (χ0n) is 16.8. The van der Waals surface area contributed by atoms with Gasteiger partial charge in [0.05, 0.1) is 5.69 Å². The zero-order valence-corrected chi connectivity index (χ0v) is 17.6. The van der Waals surface area contributed by atoms with E-state index in [1.54, 1.807) is 36.4 Å². The predicted molar refractivity (Wildman–Crippen MR) is 116 cm³/mol. The van der Waals surface area contributed by atoms with E-state index in [9.17, 15) is 19.2 Å². The lowest BCUT2D eigenvalue weighted by molar-refractivity contribution is -0.144. The summed E-state index contributed by atoms with van der Waals surface area (Å²) in [6.45, 7) is 0.495. The molecule has 1 heterocycles. The highest BCUT2D eigenvalue weighted by molar-refractivity contribution is 7.98. The molecule has 1 N–H and O–H groups in total. The molecule has 1 aromatic heterocycles. The lowest BCUT2D eigenvalue weighted by Crippen LogP contribution is -2.19. The molecule has 8 nitrogen and oxygen atoms in total. The average molecular weight is 441 g/mol. The molecule has 3 aromatic rings. The maximum Gasteiger partial charge on any atom is 0.344 e. The van der Waals surface area contributed by atoms with Gasteiger partial charge in [-0.15, -0.1) is 11.8 Å². The Hall–Kier alpha value is -3.59. The molecule has 31 heavy (non-hydrogen) atoms. The molecule has 0 saturated heterocycles. The molecule has 0 saturated carbocycles. The summed E-state index contributed by atoms with van der Waals surface area (Å²) < 4.78 is 15.4. The minimum atomic E-state index is -0.731. The summed E-state index contributed by atoms with van der Waals surface area (Å²) >= 11 is 1.43. The number of hydrogen-bond donors (Lipinski definition) is 1. The Morgan fingerprint density at radius 3 is 2.55 bits per heavy atom. The van der Waals surface area contributed by atoms with Crippen LogP contribution in [-0.4, -0.2) is 37.1 Å². The number of carbonyl (C=O) groups excluding carboxylic acids is 3. The zero-order chi connectivity index (χ0) is 22.4. The summed E-state index contributed by atoms with van der Waals surface area (Å²) in [5, 5.41) is 3.39. The second kappa shape index (κ2) is 9.94. The minimum Gasteiger partial charge on any atom is -0.482 e. The first-order valence-corrected chi connectivity index (χ1v) is 10.4. The van der Waals surface area contributed by atoms with Gasteiger partial charge in [0.1, 0.15) is 11.3 Å². The Kier molecular flexibility index (Phi) is 7.09. The van der Waals surface area contributed by atoms with Gasteiger partial charge in [-0.1, -0.05) is 6.07 Å². The number of thioether (sulfide) groups is 1. The van der Waals surface area contributed by atoms with Gasteiger partial charge in [-0.2, -0.15) is 0 Å². The van der Waals surface area contributed by atoms with Crippen molar-refractivity contribution in [1.29, 1.82) is 0 Å². The van der Waals surface area contributed by atoms with Crippen molar-refractivity contribution in [2.45, 2.75) is 11.8 Å². The molecule has 0 spiro atoms. The third kappa shape index (κ3) is 5.95. The Balaban J connectivity index is 1.56. The van der Waals surface area contributed by atoms with Crippen LogP contribution in [0.1, 0.15) is 17.3 Å². The number of rotatable bonds is 8. The van der Waals surface area contributed by atoms with Crippen LogP contribution < -0.4 is 15.7 Å². The first-order chi connectivity index (χ1) is 14.9. The molecule has 0 aliphatic heterocycles. The number of ketones is 1. The van der Waals surface area contributed by atoms with E-state index in [1.165, 1.54) is 30.8 Å². The fourth-order valence-electron chi connectivity index (χ4n) is 2.71. The summed E-state index contributed by atoms with van der Waals surface area (Å²) in [4.78, 5) is 47.8.